The van der Waals surface area contributed by atoms with Crippen LogP contribution < -0.4 is 10.9 Å². The van der Waals surface area contributed by atoms with Crippen LogP contribution in [0.25, 0.3) is 5.78 Å². The highest BCUT2D eigenvalue weighted by molar-refractivity contribution is 5.78. The smallest absolute Gasteiger partial charge is 0.277 e. The lowest BCUT2D eigenvalue weighted by Gasteiger charge is -2.38. The van der Waals surface area contributed by atoms with Gasteiger partial charge in [0.25, 0.3) is 11.3 Å². The van der Waals surface area contributed by atoms with Crippen LogP contribution in [0.15, 0.2) is 35.4 Å². The van der Waals surface area contributed by atoms with E-state index in [1.807, 2.05) is 0 Å². The maximum absolute atomic E-state index is 14.5. The number of aromatic nitrogens is 4. The molecule has 0 saturated carbocycles. The van der Waals surface area contributed by atoms with Gasteiger partial charge in [0.05, 0.1) is 12.1 Å². The van der Waals surface area contributed by atoms with Crippen molar-refractivity contribution in [3.8, 4) is 0 Å². The van der Waals surface area contributed by atoms with E-state index in [0.717, 1.165) is 0 Å². The molecule has 1 aliphatic rings. The Morgan fingerprint density at radius 1 is 1.34 bits per heavy atom. The molecule has 4 rings (SSSR count). The Bertz CT molecular complexity index is 1100. The molecule has 3 heterocycles. The second kappa shape index (κ2) is 7.75. The Hall–Kier alpha value is -3.07. The molecule has 1 fully saturated rings. The van der Waals surface area contributed by atoms with Crippen LogP contribution in [0.2, 0.25) is 0 Å². The zero-order valence-electron chi connectivity index (χ0n) is 16.1. The van der Waals surface area contributed by atoms with Crippen LogP contribution in [0, 0.1) is 12.7 Å². The SMILES string of the molecule is Cc1nc2nc[nH]n2c(=O)c1CC(=O)NCC1(c2ccccc2F)CCOCC1. The summed E-state index contributed by atoms with van der Waals surface area (Å²) in [7, 11) is 0. The molecule has 1 amide bonds. The fourth-order valence-corrected chi connectivity index (χ4v) is 3.88. The van der Waals surface area contributed by atoms with Gasteiger partial charge in [0, 0.05) is 30.7 Å². The number of H-pyrrole nitrogens is 1. The molecule has 3 aromatic rings. The fourth-order valence-electron chi connectivity index (χ4n) is 3.88. The van der Waals surface area contributed by atoms with Crippen molar-refractivity contribution in [1.29, 1.82) is 0 Å². The summed E-state index contributed by atoms with van der Waals surface area (Å²) >= 11 is 0. The molecule has 0 aliphatic carbocycles. The van der Waals surface area contributed by atoms with Gasteiger partial charge in [-0.05, 0) is 31.4 Å². The Balaban J connectivity index is 1.54. The number of aromatic amines is 1. The summed E-state index contributed by atoms with van der Waals surface area (Å²) in [6.45, 7) is 2.96. The van der Waals surface area contributed by atoms with Crippen molar-refractivity contribution in [3.05, 3.63) is 63.6 Å². The van der Waals surface area contributed by atoms with E-state index in [-0.39, 0.29) is 36.0 Å². The zero-order chi connectivity index (χ0) is 20.4. The van der Waals surface area contributed by atoms with Crippen LogP contribution in [0.3, 0.4) is 0 Å². The topological polar surface area (TPSA) is 101 Å². The third kappa shape index (κ3) is 3.65. The molecule has 0 unspecified atom stereocenters. The van der Waals surface area contributed by atoms with E-state index in [0.29, 0.717) is 42.9 Å². The second-order valence-electron chi connectivity index (χ2n) is 7.33. The van der Waals surface area contributed by atoms with Crippen molar-refractivity contribution >= 4 is 11.7 Å². The summed E-state index contributed by atoms with van der Waals surface area (Å²) < 4.78 is 21.2. The van der Waals surface area contributed by atoms with Gasteiger partial charge in [-0.2, -0.15) is 4.52 Å². The Morgan fingerprint density at radius 2 is 2.10 bits per heavy atom. The first-order valence-corrected chi connectivity index (χ1v) is 9.51. The molecule has 2 aromatic heterocycles. The lowest BCUT2D eigenvalue weighted by atomic mass is 9.74. The van der Waals surface area contributed by atoms with E-state index in [4.69, 9.17) is 4.74 Å². The van der Waals surface area contributed by atoms with Crippen LogP contribution in [0.5, 0.6) is 0 Å². The number of benzene rings is 1. The fraction of sp³-hybridized carbons (Fsp3) is 0.400. The predicted molar refractivity (Wildman–Crippen MR) is 103 cm³/mol. The Kier molecular flexibility index (Phi) is 5.14. The summed E-state index contributed by atoms with van der Waals surface area (Å²) in [5, 5.41) is 5.59. The van der Waals surface area contributed by atoms with Gasteiger partial charge >= 0.3 is 0 Å². The molecular weight excluding hydrogens is 377 g/mol. The lowest BCUT2D eigenvalue weighted by molar-refractivity contribution is -0.121. The molecule has 1 aromatic carbocycles. The minimum Gasteiger partial charge on any atom is -0.381 e. The van der Waals surface area contributed by atoms with Gasteiger partial charge in [-0.3, -0.25) is 14.7 Å². The molecule has 0 radical (unpaired) electrons. The number of hydrogen-bond donors (Lipinski definition) is 2. The molecule has 0 bridgehead atoms. The summed E-state index contributed by atoms with van der Waals surface area (Å²) in [4.78, 5) is 33.4. The van der Waals surface area contributed by atoms with E-state index in [1.54, 1.807) is 25.1 Å². The number of carbonyl (C=O) groups is 1. The quantitative estimate of drug-likeness (QED) is 0.673. The lowest BCUT2D eigenvalue weighted by Crippen LogP contribution is -2.45. The van der Waals surface area contributed by atoms with Crippen molar-refractivity contribution < 1.29 is 13.9 Å². The third-order valence-corrected chi connectivity index (χ3v) is 5.59. The number of amides is 1. The van der Waals surface area contributed by atoms with E-state index < -0.39 is 5.41 Å². The molecule has 2 N–H and O–H groups in total. The van der Waals surface area contributed by atoms with E-state index in [9.17, 15) is 14.0 Å². The Morgan fingerprint density at radius 3 is 2.86 bits per heavy atom. The number of halogens is 1. The molecular formula is C20H22FN5O3. The summed E-state index contributed by atoms with van der Waals surface area (Å²) in [5.41, 5.74) is 0.466. The molecule has 0 atom stereocenters. The predicted octanol–water partition coefficient (Wildman–Crippen LogP) is 1.27. The van der Waals surface area contributed by atoms with Crippen molar-refractivity contribution in [3.63, 3.8) is 0 Å². The van der Waals surface area contributed by atoms with E-state index in [2.05, 4.69) is 20.4 Å². The van der Waals surface area contributed by atoms with E-state index in [1.165, 1.54) is 16.9 Å². The standard InChI is InChI=1S/C20H22FN5O3/c1-13-14(18(28)26-19(25-13)23-12-24-26)10-17(27)22-11-20(6-8-29-9-7-20)15-4-2-3-5-16(15)21/h2-5,12H,6-11H2,1H3,(H,22,27)(H,23,24,25). The maximum atomic E-state index is 14.5. The minimum atomic E-state index is -0.533. The highest BCUT2D eigenvalue weighted by Crippen LogP contribution is 2.35. The number of nitrogens with one attached hydrogen (secondary N) is 2. The van der Waals surface area contributed by atoms with Gasteiger partial charge < -0.3 is 10.1 Å². The summed E-state index contributed by atoms with van der Waals surface area (Å²) in [6, 6.07) is 6.65. The van der Waals surface area contributed by atoms with Crippen molar-refractivity contribution in [1.82, 2.24) is 24.9 Å². The van der Waals surface area contributed by atoms with Crippen molar-refractivity contribution in [2.24, 2.45) is 0 Å². The number of fused-ring (bicyclic) bond motifs is 1. The van der Waals surface area contributed by atoms with Gasteiger partial charge in [0.1, 0.15) is 12.1 Å². The van der Waals surface area contributed by atoms with Crippen molar-refractivity contribution in [2.45, 2.75) is 31.6 Å². The molecule has 29 heavy (non-hydrogen) atoms. The van der Waals surface area contributed by atoms with Crippen molar-refractivity contribution in [2.75, 3.05) is 19.8 Å². The Labute approximate surface area is 166 Å². The average molecular weight is 399 g/mol. The van der Waals surface area contributed by atoms with Crippen LogP contribution in [-0.4, -0.2) is 45.2 Å². The number of nitrogens with zero attached hydrogens (tertiary/aromatic N) is 3. The molecule has 152 valence electrons. The molecule has 1 aliphatic heterocycles. The van der Waals surface area contributed by atoms with Gasteiger partial charge in [0.2, 0.25) is 5.91 Å². The van der Waals surface area contributed by atoms with Crippen LogP contribution in [0.1, 0.15) is 29.7 Å². The maximum Gasteiger partial charge on any atom is 0.277 e. The van der Waals surface area contributed by atoms with Gasteiger partial charge in [-0.25, -0.2) is 14.4 Å². The molecule has 1 saturated heterocycles. The van der Waals surface area contributed by atoms with Crippen LogP contribution in [0.4, 0.5) is 4.39 Å². The minimum absolute atomic E-state index is 0.108. The first kappa shape index (κ1) is 19.3. The highest BCUT2D eigenvalue weighted by atomic mass is 19.1. The number of ether oxygens (including phenoxy) is 1. The number of rotatable bonds is 5. The van der Waals surface area contributed by atoms with Gasteiger partial charge in [0.15, 0.2) is 0 Å². The largest absolute Gasteiger partial charge is 0.381 e. The average Bonchev–Trinajstić information content (AvgIpc) is 3.19. The van der Waals surface area contributed by atoms with Gasteiger partial charge in [-0.15, -0.1) is 0 Å². The third-order valence-electron chi connectivity index (χ3n) is 5.59. The summed E-state index contributed by atoms with van der Waals surface area (Å²) in [5.74, 6) is -0.335. The first-order valence-electron chi connectivity index (χ1n) is 9.51. The number of hydrogen-bond acceptors (Lipinski definition) is 5. The van der Waals surface area contributed by atoms with Crippen LogP contribution in [-0.2, 0) is 21.4 Å². The highest BCUT2D eigenvalue weighted by Gasteiger charge is 2.37. The second-order valence-corrected chi connectivity index (χ2v) is 7.33. The monoisotopic (exact) mass is 399 g/mol. The summed E-state index contributed by atoms with van der Waals surface area (Å²) in [6.07, 6.45) is 2.48. The molecule has 8 nitrogen and oxygen atoms in total. The van der Waals surface area contributed by atoms with E-state index >= 15 is 0 Å². The number of aryl methyl sites for hydroxylation is 1. The zero-order valence-corrected chi connectivity index (χ0v) is 16.1. The van der Waals surface area contributed by atoms with Gasteiger partial charge in [-0.1, -0.05) is 18.2 Å². The molecule has 9 heteroatoms. The first-order chi connectivity index (χ1) is 14.0. The normalized spacial score (nSPS) is 16.1. The molecule has 0 spiro atoms. The number of carbonyl (C=O) groups excluding carboxylic acids is 1. The van der Waals surface area contributed by atoms with Crippen LogP contribution >= 0.6 is 0 Å².